The summed E-state index contributed by atoms with van der Waals surface area (Å²) in [4.78, 5) is 73.1. The van der Waals surface area contributed by atoms with E-state index in [1.807, 2.05) is 0 Å². The van der Waals surface area contributed by atoms with Gasteiger partial charge in [0.15, 0.2) is 12.2 Å². The average Bonchev–Trinajstić information content (AvgIpc) is 0.972. The van der Waals surface area contributed by atoms with Crippen LogP contribution in [0.3, 0.4) is 0 Å². The van der Waals surface area contributed by atoms with E-state index in [4.69, 9.17) is 37.0 Å². The standard InChI is InChI=1S/C82H160O17P2/c1-6-10-13-16-19-22-25-28-31-34-36-39-42-45-48-51-58-63-67-81(86)98-77(71-92-79(84)65-60-55-49-46-43-40-38-35-32-29-26-23-20-17-14-11-7-2)73-96-100(88,89)94-69-76(83)70-95-101(90,91)97-74-78(72-93-80(85)66-61-56-53-52-54-59-64-75(5)9-4)99-82(87)68-62-57-50-47-44-41-37-33-30-27-24-21-18-15-12-8-3/h75-78,83H,6-74H2,1-5H3,(H,88,89)(H,90,91)/t75?,76-,77-,78-/m1/s1. The zero-order chi connectivity index (χ0) is 74.1. The molecule has 3 unspecified atom stereocenters. The first kappa shape index (κ1) is 99.1. The van der Waals surface area contributed by atoms with Crippen molar-refractivity contribution in [2.45, 2.75) is 457 Å². The molecule has 0 rings (SSSR count). The summed E-state index contributed by atoms with van der Waals surface area (Å²) in [5.41, 5.74) is 0. The summed E-state index contributed by atoms with van der Waals surface area (Å²) < 4.78 is 68.8. The van der Waals surface area contributed by atoms with E-state index in [0.29, 0.717) is 25.7 Å². The van der Waals surface area contributed by atoms with Gasteiger partial charge in [0.05, 0.1) is 26.4 Å². The first-order valence-corrected chi connectivity index (χ1v) is 45.7. The lowest BCUT2D eigenvalue weighted by atomic mass is 10.00. The molecule has 0 aliphatic carbocycles. The third-order valence-electron chi connectivity index (χ3n) is 19.6. The molecule has 0 aliphatic rings. The molecule has 0 amide bonds. The molecule has 0 aromatic heterocycles. The van der Waals surface area contributed by atoms with E-state index in [2.05, 4.69) is 34.6 Å². The molecular weight excluding hydrogens is 1320 g/mol. The van der Waals surface area contributed by atoms with Crippen LogP contribution in [0.4, 0.5) is 0 Å². The molecule has 0 saturated carbocycles. The van der Waals surface area contributed by atoms with Crippen LogP contribution in [0.2, 0.25) is 0 Å². The highest BCUT2D eigenvalue weighted by Gasteiger charge is 2.30. The maximum absolute atomic E-state index is 13.1. The molecule has 0 aromatic carbocycles. The smallest absolute Gasteiger partial charge is 0.462 e. The predicted octanol–water partition coefficient (Wildman–Crippen LogP) is 24.8. The van der Waals surface area contributed by atoms with Crippen LogP contribution in [0.15, 0.2) is 0 Å². The van der Waals surface area contributed by atoms with E-state index < -0.39 is 97.5 Å². The number of unbranched alkanes of at least 4 members (excludes halogenated alkanes) is 53. The SMILES string of the molecule is CCCCCCCCCCCCCCCCCCCCC(=O)O[C@H](COC(=O)CCCCCCCCCCCCCCCCCCC)COP(=O)(O)OC[C@@H](O)COP(=O)(O)OC[C@@H](COC(=O)CCCCCCCCC(C)CC)OC(=O)CCCCCCCCCCCCCCCCCC. The molecule has 6 atom stereocenters. The lowest BCUT2D eigenvalue weighted by molar-refractivity contribution is -0.161. The van der Waals surface area contributed by atoms with Gasteiger partial charge in [-0.25, -0.2) is 9.13 Å². The lowest BCUT2D eigenvalue weighted by Crippen LogP contribution is -2.30. The highest BCUT2D eigenvalue weighted by molar-refractivity contribution is 7.47. The number of aliphatic hydroxyl groups is 1. The summed E-state index contributed by atoms with van der Waals surface area (Å²) in [6.45, 7) is 7.31. The van der Waals surface area contributed by atoms with Gasteiger partial charge in [-0.3, -0.25) is 37.3 Å². The third-order valence-corrected chi connectivity index (χ3v) is 21.5. The number of hydrogen-bond donors (Lipinski definition) is 3. The van der Waals surface area contributed by atoms with Gasteiger partial charge in [0.25, 0.3) is 0 Å². The van der Waals surface area contributed by atoms with Crippen molar-refractivity contribution in [1.29, 1.82) is 0 Å². The fraction of sp³-hybridized carbons (Fsp3) is 0.951. The van der Waals surface area contributed by atoms with Gasteiger partial charge in [-0.15, -0.1) is 0 Å². The summed E-state index contributed by atoms with van der Waals surface area (Å²) in [5, 5.41) is 10.7. The van der Waals surface area contributed by atoms with E-state index in [1.165, 1.54) is 257 Å². The molecule has 600 valence electrons. The van der Waals surface area contributed by atoms with Crippen LogP contribution < -0.4 is 0 Å². The number of phosphoric acid groups is 2. The molecule has 0 saturated heterocycles. The molecular formula is C82H160O17P2. The van der Waals surface area contributed by atoms with Crippen molar-refractivity contribution in [3.8, 4) is 0 Å². The Bertz CT molecular complexity index is 1930. The van der Waals surface area contributed by atoms with Crippen LogP contribution >= 0.6 is 15.6 Å². The Morgan fingerprint density at radius 1 is 0.277 bits per heavy atom. The predicted molar refractivity (Wildman–Crippen MR) is 414 cm³/mol. The van der Waals surface area contributed by atoms with Gasteiger partial charge in [0, 0.05) is 25.7 Å². The lowest BCUT2D eigenvalue weighted by Gasteiger charge is -2.21. The minimum Gasteiger partial charge on any atom is -0.462 e. The third kappa shape index (κ3) is 74.7. The van der Waals surface area contributed by atoms with Gasteiger partial charge in [-0.1, -0.05) is 388 Å². The maximum Gasteiger partial charge on any atom is 0.472 e. The van der Waals surface area contributed by atoms with Crippen molar-refractivity contribution in [1.82, 2.24) is 0 Å². The van der Waals surface area contributed by atoms with Crippen LogP contribution in [0.25, 0.3) is 0 Å². The number of rotatable bonds is 82. The Morgan fingerprint density at radius 2 is 0.475 bits per heavy atom. The Labute approximate surface area is 619 Å². The van der Waals surface area contributed by atoms with Crippen molar-refractivity contribution < 1.29 is 80.2 Å². The molecule has 17 nitrogen and oxygen atoms in total. The van der Waals surface area contributed by atoms with Crippen molar-refractivity contribution in [2.75, 3.05) is 39.6 Å². The van der Waals surface area contributed by atoms with E-state index in [1.54, 1.807) is 0 Å². The van der Waals surface area contributed by atoms with Gasteiger partial charge in [0.2, 0.25) is 0 Å². The Kier molecular flexibility index (Phi) is 73.5. The highest BCUT2D eigenvalue weighted by atomic mass is 31.2. The van der Waals surface area contributed by atoms with Crippen LogP contribution in [0.1, 0.15) is 439 Å². The summed E-state index contributed by atoms with van der Waals surface area (Å²) >= 11 is 0. The molecule has 0 heterocycles. The molecule has 0 aliphatic heterocycles. The van der Waals surface area contributed by atoms with Crippen molar-refractivity contribution in [2.24, 2.45) is 5.92 Å². The number of ether oxygens (including phenoxy) is 4. The molecule has 101 heavy (non-hydrogen) atoms. The minimum absolute atomic E-state index is 0.108. The van der Waals surface area contributed by atoms with Crippen LogP contribution in [-0.2, 0) is 65.4 Å². The van der Waals surface area contributed by atoms with Gasteiger partial charge >= 0.3 is 39.5 Å². The summed E-state index contributed by atoms with van der Waals surface area (Å²) in [5.74, 6) is -1.37. The first-order chi connectivity index (χ1) is 49.1. The van der Waals surface area contributed by atoms with Crippen LogP contribution in [0.5, 0.6) is 0 Å². The number of carbonyl (C=O) groups is 4. The molecule has 0 spiro atoms. The second kappa shape index (κ2) is 74.9. The minimum atomic E-state index is -4.96. The Balaban J connectivity index is 5.24. The second-order valence-corrected chi connectivity index (χ2v) is 32.7. The van der Waals surface area contributed by atoms with Crippen molar-refractivity contribution >= 4 is 39.5 Å². The zero-order valence-corrected chi connectivity index (χ0v) is 67.8. The average molecular weight is 1480 g/mol. The fourth-order valence-electron chi connectivity index (χ4n) is 12.7. The van der Waals surface area contributed by atoms with E-state index in [-0.39, 0.29) is 25.7 Å². The summed E-state index contributed by atoms with van der Waals surface area (Å²) in [7, 11) is -9.92. The number of carbonyl (C=O) groups excluding carboxylic acids is 4. The van der Waals surface area contributed by atoms with Gasteiger partial charge < -0.3 is 33.8 Å². The van der Waals surface area contributed by atoms with Crippen LogP contribution in [0, 0.1) is 5.92 Å². The number of esters is 4. The molecule has 0 bridgehead atoms. The van der Waals surface area contributed by atoms with Gasteiger partial charge in [-0.2, -0.15) is 0 Å². The van der Waals surface area contributed by atoms with Gasteiger partial charge in [0.1, 0.15) is 19.3 Å². The van der Waals surface area contributed by atoms with Crippen molar-refractivity contribution in [3.63, 3.8) is 0 Å². The van der Waals surface area contributed by atoms with Crippen LogP contribution in [-0.4, -0.2) is 96.7 Å². The highest BCUT2D eigenvalue weighted by Crippen LogP contribution is 2.45. The number of phosphoric ester groups is 2. The molecule has 0 aromatic rings. The maximum atomic E-state index is 13.1. The van der Waals surface area contributed by atoms with E-state index in [9.17, 15) is 43.2 Å². The zero-order valence-electron chi connectivity index (χ0n) is 66.1. The van der Waals surface area contributed by atoms with Gasteiger partial charge in [-0.05, 0) is 31.6 Å². The quantitative estimate of drug-likeness (QED) is 0.0222. The Morgan fingerprint density at radius 3 is 0.703 bits per heavy atom. The molecule has 3 N–H and O–H groups in total. The molecule has 19 heteroatoms. The summed E-state index contributed by atoms with van der Waals surface area (Å²) in [6.07, 6.45) is 66.6. The van der Waals surface area contributed by atoms with Crippen molar-refractivity contribution in [3.05, 3.63) is 0 Å². The number of hydrogen-bond acceptors (Lipinski definition) is 15. The topological polar surface area (TPSA) is 237 Å². The second-order valence-electron chi connectivity index (χ2n) is 29.8. The largest absolute Gasteiger partial charge is 0.472 e. The monoisotopic (exact) mass is 1480 g/mol. The fourth-order valence-corrected chi connectivity index (χ4v) is 14.3. The first-order valence-electron chi connectivity index (χ1n) is 42.7. The summed E-state index contributed by atoms with van der Waals surface area (Å²) in [6, 6.07) is 0. The number of aliphatic hydroxyl groups excluding tert-OH is 1. The molecule has 0 fully saturated rings. The van der Waals surface area contributed by atoms with E-state index >= 15 is 0 Å². The van der Waals surface area contributed by atoms with E-state index in [0.717, 1.165) is 102 Å². The molecule has 0 radical (unpaired) electrons. The normalized spacial score (nSPS) is 14.1. The Hall–Kier alpha value is -1.94.